The van der Waals surface area contributed by atoms with Crippen LogP contribution in [0.15, 0.2) is 88.2 Å². The summed E-state index contributed by atoms with van der Waals surface area (Å²) >= 11 is 0. The van der Waals surface area contributed by atoms with Crippen LogP contribution in [0, 0.1) is 0 Å². The Balaban J connectivity index is 1.57. The quantitative estimate of drug-likeness (QED) is 0.409. The zero-order valence-electron chi connectivity index (χ0n) is 18.5. The summed E-state index contributed by atoms with van der Waals surface area (Å²) < 4.78 is 38.5. The van der Waals surface area contributed by atoms with E-state index in [4.69, 9.17) is 9.15 Å². The summed E-state index contributed by atoms with van der Waals surface area (Å²) in [5.74, 6) is -0.231. The maximum atomic E-state index is 13.3. The number of nitrogens with one attached hydrogen (secondary N) is 1. The minimum Gasteiger partial charge on any atom is -0.495 e. The maximum absolute atomic E-state index is 13.3. The van der Waals surface area contributed by atoms with Crippen molar-refractivity contribution in [2.45, 2.75) is 11.4 Å². The van der Waals surface area contributed by atoms with E-state index in [9.17, 15) is 13.2 Å². The second-order valence-corrected chi connectivity index (χ2v) is 9.36. The van der Waals surface area contributed by atoms with Crippen LogP contribution in [-0.4, -0.2) is 43.0 Å². The molecule has 0 aliphatic heterocycles. The standard InChI is InChI=1S/C24H22N4O5S/c1-28(16-17-9-5-3-6-10-17)34(30,31)21-15-19(13-14-20(21)32-2)22(29)25-24-27-26-23(33-24)18-11-7-4-8-12-18/h3-15H,16H2,1-2H3,(H,25,27,29). The number of nitrogens with zero attached hydrogens (tertiary/aromatic N) is 3. The van der Waals surface area contributed by atoms with Gasteiger partial charge >= 0.3 is 6.01 Å². The molecule has 0 radical (unpaired) electrons. The third-order valence-corrected chi connectivity index (χ3v) is 6.85. The van der Waals surface area contributed by atoms with Crippen LogP contribution in [0.3, 0.4) is 0 Å². The number of hydrogen-bond donors (Lipinski definition) is 1. The van der Waals surface area contributed by atoms with Crippen LogP contribution >= 0.6 is 0 Å². The van der Waals surface area contributed by atoms with Gasteiger partial charge in [-0.1, -0.05) is 53.6 Å². The number of anilines is 1. The molecule has 1 amide bonds. The van der Waals surface area contributed by atoms with Gasteiger partial charge in [0, 0.05) is 24.7 Å². The Labute approximate surface area is 197 Å². The van der Waals surface area contributed by atoms with E-state index < -0.39 is 15.9 Å². The SMILES string of the molecule is COc1ccc(C(=O)Nc2nnc(-c3ccccc3)o2)cc1S(=O)(=O)N(C)Cc1ccccc1. The first-order chi connectivity index (χ1) is 16.4. The molecule has 1 heterocycles. The molecule has 3 aromatic carbocycles. The fourth-order valence-corrected chi connectivity index (χ4v) is 4.59. The van der Waals surface area contributed by atoms with Gasteiger partial charge in [0.25, 0.3) is 5.91 Å². The molecular weight excluding hydrogens is 456 g/mol. The molecule has 0 saturated carbocycles. The zero-order chi connectivity index (χ0) is 24.1. The highest BCUT2D eigenvalue weighted by atomic mass is 32.2. The van der Waals surface area contributed by atoms with Crippen molar-refractivity contribution in [3.8, 4) is 17.2 Å². The Morgan fingerprint density at radius 3 is 2.35 bits per heavy atom. The van der Waals surface area contributed by atoms with Crippen molar-refractivity contribution in [3.05, 3.63) is 90.0 Å². The molecule has 1 N–H and O–H groups in total. The maximum Gasteiger partial charge on any atom is 0.322 e. The lowest BCUT2D eigenvalue weighted by Crippen LogP contribution is -2.27. The first kappa shape index (κ1) is 23.1. The van der Waals surface area contributed by atoms with Crippen molar-refractivity contribution >= 4 is 21.9 Å². The van der Waals surface area contributed by atoms with Gasteiger partial charge in [0.05, 0.1) is 7.11 Å². The summed E-state index contributed by atoms with van der Waals surface area (Å²) in [5.41, 5.74) is 1.62. The monoisotopic (exact) mass is 478 g/mol. The summed E-state index contributed by atoms with van der Waals surface area (Å²) in [4.78, 5) is 12.7. The van der Waals surface area contributed by atoms with Crippen LogP contribution in [0.4, 0.5) is 6.01 Å². The summed E-state index contributed by atoms with van der Waals surface area (Å²) in [7, 11) is -1.12. The molecule has 0 spiro atoms. The number of amides is 1. The van der Waals surface area contributed by atoms with Crippen molar-refractivity contribution in [2.75, 3.05) is 19.5 Å². The van der Waals surface area contributed by atoms with Crippen LogP contribution in [-0.2, 0) is 16.6 Å². The van der Waals surface area contributed by atoms with Crippen molar-refractivity contribution in [2.24, 2.45) is 0 Å². The van der Waals surface area contributed by atoms with Gasteiger partial charge in [0.1, 0.15) is 10.6 Å². The number of benzene rings is 3. The van der Waals surface area contributed by atoms with Crippen LogP contribution in [0.5, 0.6) is 5.75 Å². The molecule has 0 aliphatic rings. The molecule has 4 rings (SSSR count). The van der Waals surface area contributed by atoms with Gasteiger partial charge in [-0.3, -0.25) is 10.1 Å². The first-order valence-corrected chi connectivity index (χ1v) is 11.7. The fraction of sp³-hybridized carbons (Fsp3) is 0.125. The van der Waals surface area contributed by atoms with Crippen LogP contribution < -0.4 is 10.1 Å². The summed E-state index contributed by atoms with van der Waals surface area (Å²) in [5, 5.41) is 10.3. The van der Waals surface area contributed by atoms with E-state index in [-0.39, 0.29) is 34.7 Å². The second-order valence-electron chi connectivity index (χ2n) is 7.34. The van der Waals surface area contributed by atoms with Gasteiger partial charge in [0.15, 0.2) is 0 Å². The smallest absolute Gasteiger partial charge is 0.322 e. The molecule has 9 nitrogen and oxygen atoms in total. The Morgan fingerprint density at radius 2 is 1.68 bits per heavy atom. The molecule has 0 atom stereocenters. The van der Waals surface area contributed by atoms with E-state index in [1.165, 1.54) is 36.7 Å². The normalized spacial score (nSPS) is 11.4. The highest BCUT2D eigenvalue weighted by molar-refractivity contribution is 7.89. The number of rotatable bonds is 8. The lowest BCUT2D eigenvalue weighted by molar-refractivity contribution is 0.102. The third kappa shape index (κ3) is 4.98. The van der Waals surface area contributed by atoms with Crippen LogP contribution in [0.2, 0.25) is 0 Å². The molecule has 0 bridgehead atoms. The second kappa shape index (κ2) is 9.86. The van der Waals surface area contributed by atoms with Crippen LogP contribution in [0.1, 0.15) is 15.9 Å². The van der Waals surface area contributed by atoms with Gasteiger partial charge < -0.3 is 9.15 Å². The third-order valence-electron chi connectivity index (χ3n) is 5.03. The van der Waals surface area contributed by atoms with E-state index in [2.05, 4.69) is 15.5 Å². The molecule has 0 fully saturated rings. The number of aromatic nitrogens is 2. The molecule has 4 aromatic rings. The Hall–Kier alpha value is -4.02. The van der Waals surface area contributed by atoms with Gasteiger partial charge in [0.2, 0.25) is 15.9 Å². The summed E-state index contributed by atoms with van der Waals surface area (Å²) in [6, 6.07) is 22.3. The van der Waals surface area contributed by atoms with Gasteiger partial charge in [-0.25, -0.2) is 8.42 Å². The largest absolute Gasteiger partial charge is 0.495 e. The van der Waals surface area contributed by atoms with E-state index in [1.807, 2.05) is 48.5 Å². The highest BCUT2D eigenvalue weighted by Crippen LogP contribution is 2.29. The van der Waals surface area contributed by atoms with Crippen LogP contribution in [0.25, 0.3) is 11.5 Å². The molecule has 0 unspecified atom stereocenters. The van der Waals surface area contributed by atoms with E-state index >= 15 is 0 Å². The van der Waals surface area contributed by atoms with Crippen molar-refractivity contribution in [1.29, 1.82) is 0 Å². The Bertz CT molecular complexity index is 1390. The summed E-state index contributed by atoms with van der Waals surface area (Å²) in [6.45, 7) is 0.160. The molecule has 0 saturated heterocycles. The highest BCUT2D eigenvalue weighted by Gasteiger charge is 2.26. The predicted octanol–water partition coefficient (Wildman–Crippen LogP) is 3.82. The number of carbonyl (C=O) groups excluding carboxylic acids is 1. The number of carbonyl (C=O) groups is 1. The first-order valence-electron chi connectivity index (χ1n) is 10.3. The zero-order valence-corrected chi connectivity index (χ0v) is 19.3. The number of ether oxygens (including phenoxy) is 1. The predicted molar refractivity (Wildman–Crippen MR) is 126 cm³/mol. The number of sulfonamides is 1. The molecule has 34 heavy (non-hydrogen) atoms. The Kier molecular flexibility index (Phi) is 6.71. The number of methoxy groups -OCH3 is 1. The van der Waals surface area contributed by atoms with E-state index in [0.29, 0.717) is 5.56 Å². The molecule has 1 aromatic heterocycles. The minimum absolute atomic E-state index is 0.0898. The van der Waals surface area contributed by atoms with Gasteiger partial charge in [-0.2, -0.15) is 4.31 Å². The molecule has 174 valence electrons. The lowest BCUT2D eigenvalue weighted by atomic mass is 10.2. The topological polar surface area (TPSA) is 115 Å². The lowest BCUT2D eigenvalue weighted by Gasteiger charge is -2.19. The van der Waals surface area contributed by atoms with Crippen molar-refractivity contribution in [3.63, 3.8) is 0 Å². The van der Waals surface area contributed by atoms with Gasteiger partial charge in [-0.15, -0.1) is 5.10 Å². The molecule has 10 heteroatoms. The van der Waals surface area contributed by atoms with Crippen molar-refractivity contribution in [1.82, 2.24) is 14.5 Å². The summed E-state index contributed by atoms with van der Waals surface area (Å²) in [6.07, 6.45) is 0. The Morgan fingerprint density at radius 1 is 1.00 bits per heavy atom. The average molecular weight is 479 g/mol. The number of hydrogen-bond acceptors (Lipinski definition) is 7. The van der Waals surface area contributed by atoms with Crippen molar-refractivity contribution < 1.29 is 22.4 Å². The van der Waals surface area contributed by atoms with Gasteiger partial charge in [-0.05, 0) is 35.9 Å². The molecular formula is C24H22N4O5S. The average Bonchev–Trinajstić information content (AvgIpc) is 3.33. The van der Waals surface area contributed by atoms with E-state index in [0.717, 1.165) is 5.56 Å². The van der Waals surface area contributed by atoms with E-state index in [1.54, 1.807) is 12.1 Å². The minimum atomic E-state index is -3.96. The molecule has 0 aliphatic carbocycles. The fourth-order valence-electron chi connectivity index (χ4n) is 3.25.